The van der Waals surface area contributed by atoms with Crippen LogP contribution in [0.1, 0.15) is 24.8 Å². The van der Waals surface area contributed by atoms with Crippen molar-refractivity contribution >= 4 is 28.9 Å². The third-order valence-electron chi connectivity index (χ3n) is 1.39. The summed E-state index contributed by atoms with van der Waals surface area (Å²) in [5.74, 6) is 0.822. The molecule has 0 atom stereocenters. The minimum atomic E-state index is 0.292. The van der Waals surface area contributed by atoms with Crippen LogP contribution < -0.4 is 0 Å². The molecule has 0 amide bonds. The van der Waals surface area contributed by atoms with E-state index in [4.69, 9.17) is 0 Å². The van der Waals surface area contributed by atoms with Crippen molar-refractivity contribution in [2.45, 2.75) is 31.0 Å². The molecule has 0 radical (unpaired) electrons. The van der Waals surface area contributed by atoms with Crippen LogP contribution in [0.15, 0.2) is 4.34 Å². The summed E-state index contributed by atoms with van der Waals surface area (Å²) in [7, 11) is 0. The van der Waals surface area contributed by atoms with Crippen LogP contribution in [0, 0.1) is 6.92 Å². The second-order valence-corrected chi connectivity index (χ2v) is 5.07. The molecule has 0 aliphatic heterocycles. The van der Waals surface area contributed by atoms with Gasteiger partial charge in [-0.15, -0.1) is 10.2 Å². The number of aromatic nitrogens is 2. The Morgan fingerprint density at radius 1 is 1.54 bits per heavy atom. The van der Waals surface area contributed by atoms with Gasteiger partial charge in [0.05, 0.1) is 5.75 Å². The van der Waals surface area contributed by atoms with E-state index < -0.39 is 0 Å². The Kier molecular flexibility index (Phi) is 4.38. The summed E-state index contributed by atoms with van der Waals surface area (Å²) in [6.07, 6.45) is 1.60. The van der Waals surface area contributed by atoms with E-state index in [-0.39, 0.29) is 0 Å². The van der Waals surface area contributed by atoms with Gasteiger partial charge < -0.3 is 0 Å². The van der Waals surface area contributed by atoms with Gasteiger partial charge in [0.25, 0.3) is 0 Å². The van der Waals surface area contributed by atoms with Crippen LogP contribution in [-0.4, -0.2) is 21.7 Å². The number of ketones is 1. The molecule has 5 heteroatoms. The van der Waals surface area contributed by atoms with Crippen LogP contribution >= 0.6 is 23.1 Å². The van der Waals surface area contributed by atoms with Crippen molar-refractivity contribution in [2.75, 3.05) is 5.75 Å². The summed E-state index contributed by atoms with van der Waals surface area (Å²) in [5.41, 5.74) is 0. The first-order valence-electron chi connectivity index (χ1n) is 4.17. The van der Waals surface area contributed by atoms with E-state index in [0.29, 0.717) is 18.0 Å². The van der Waals surface area contributed by atoms with E-state index in [1.54, 1.807) is 0 Å². The topological polar surface area (TPSA) is 42.9 Å². The van der Waals surface area contributed by atoms with Crippen LogP contribution in [0.5, 0.6) is 0 Å². The van der Waals surface area contributed by atoms with Gasteiger partial charge in [0.15, 0.2) is 4.34 Å². The lowest BCUT2D eigenvalue weighted by Crippen LogP contribution is -1.99. The van der Waals surface area contributed by atoms with Crippen molar-refractivity contribution in [2.24, 2.45) is 0 Å². The normalized spacial score (nSPS) is 10.3. The highest BCUT2D eigenvalue weighted by atomic mass is 32.2. The predicted octanol–water partition coefficient (Wildman–Crippen LogP) is 2.31. The molecule has 0 saturated carbocycles. The number of carbonyl (C=O) groups excluding carboxylic acids is 1. The van der Waals surface area contributed by atoms with Crippen LogP contribution in [0.2, 0.25) is 0 Å². The summed E-state index contributed by atoms with van der Waals surface area (Å²) < 4.78 is 0.891. The highest BCUT2D eigenvalue weighted by Gasteiger charge is 2.05. The lowest BCUT2D eigenvalue weighted by atomic mass is 10.3. The van der Waals surface area contributed by atoms with Crippen molar-refractivity contribution < 1.29 is 4.79 Å². The van der Waals surface area contributed by atoms with Gasteiger partial charge in [-0.1, -0.05) is 30.0 Å². The molecule has 0 bridgehead atoms. The minimum absolute atomic E-state index is 0.292. The summed E-state index contributed by atoms with van der Waals surface area (Å²) in [4.78, 5) is 11.2. The second-order valence-electron chi connectivity index (χ2n) is 2.66. The molecule has 0 aromatic carbocycles. The molecule has 0 aliphatic rings. The van der Waals surface area contributed by atoms with E-state index in [1.165, 1.54) is 23.1 Å². The zero-order valence-corrected chi connectivity index (χ0v) is 9.37. The molecule has 0 fully saturated rings. The van der Waals surface area contributed by atoms with Gasteiger partial charge in [-0.3, -0.25) is 4.79 Å². The maximum Gasteiger partial charge on any atom is 0.174 e. The van der Waals surface area contributed by atoms with E-state index >= 15 is 0 Å². The Labute approximate surface area is 86.0 Å². The number of Topliss-reactive ketones (excluding diaryl/α,β-unsaturated/α-hetero) is 1. The number of nitrogens with zero attached hydrogens (tertiary/aromatic N) is 2. The van der Waals surface area contributed by atoms with E-state index in [2.05, 4.69) is 10.2 Å². The van der Waals surface area contributed by atoms with Gasteiger partial charge in [-0.2, -0.15) is 0 Å². The van der Waals surface area contributed by atoms with Gasteiger partial charge in [-0.25, -0.2) is 0 Å². The van der Waals surface area contributed by atoms with Crippen molar-refractivity contribution in [1.29, 1.82) is 0 Å². The quantitative estimate of drug-likeness (QED) is 0.708. The number of hydrogen-bond acceptors (Lipinski definition) is 5. The summed E-state index contributed by atoms with van der Waals surface area (Å²) >= 11 is 3.02. The molecule has 1 rings (SSSR count). The van der Waals surface area contributed by atoms with Crippen LogP contribution in [0.4, 0.5) is 0 Å². The van der Waals surface area contributed by atoms with E-state index in [9.17, 15) is 4.79 Å². The highest BCUT2D eigenvalue weighted by molar-refractivity contribution is 8.01. The minimum Gasteiger partial charge on any atom is -0.299 e. The molecule has 0 N–H and O–H groups in total. The zero-order chi connectivity index (χ0) is 9.68. The third-order valence-corrected chi connectivity index (χ3v) is 3.42. The summed E-state index contributed by atoms with van der Waals surface area (Å²) in [5, 5.41) is 8.75. The molecule has 1 aromatic heterocycles. The first-order valence-corrected chi connectivity index (χ1v) is 5.97. The maximum atomic E-state index is 11.2. The van der Waals surface area contributed by atoms with Crippen LogP contribution in [0.25, 0.3) is 0 Å². The first-order chi connectivity index (χ1) is 6.22. The largest absolute Gasteiger partial charge is 0.299 e. The van der Waals surface area contributed by atoms with E-state index in [0.717, 1.165) is 15.8 Å². The van der Waals surface area contributed by atoms with Gasteiger partial charge in [0.2, 0.25) is 0 Å². The molecule has 0 spiro atoms. The maximum absolute atomic E-state index is 11.2. The fourth-order valence-corrected chi connectivity index (χ4v) is 2.55. The van der Waals surface area contributed by atoms with Gasteiger partial charge in [0, 0.05) is 6.42 Å². The average molecular weight is 216 g/mol. The standard InChI is InChI=1S/C8H12N2OS2/c1-3-4-7(11)5-12-8-10-9-6(2)13-8/h3-5H2,1-2H3. The molecule has 0 saturated heterocycles. The monoisotopic (exact) mass is 216 g/mol. The molecule has 0 unspecified atom stereocenters. The highest BCUT2D eigenvalue weighted by Crippen LogP contribution is 2.21. The molecule has 13 heavy (non-hydrogen) atoms. The number of hydrogen-bond donors (Lipinski definition) is 0. The Balaban J connectivity index is 2.30. The molecule has 0 aliphatic carbocycles. The Bertz CT molecular complexity index is 285. The van der Waals surface area contributed by atoms with Crippen LogP contribution in [0.3, 0.4) is 0 Å². The number of aryl methyl sites for hydroxylation is 1. The lowest BCUT2D eigenvalue weighted by Gasteiger charge is -1.94. The van der Waals surface area contributed by atoms with Gasteiger partial charge in [-0.05, 0) is 13.3 Å². The zero-order valence-electron chi connectivity index (χ0n) is 7.74. The number of thioether (sulfide) groups is 1. The van der Waals surface area contributed by atoms with Gasteiger partial charge in [0.1, 0.15) is 10.8 Å². The van der Waals surface area contributed by atoms with E-state index in [1.807, 2.05) is 13.8 Å². The summed E-state index contributed by atoms with van der Waals surface area (Å²) in [6.45, 7) is 3.92. The van der Waals surface area contributed by atoms with Crippen molar-refractivity contribution in [3.8, 4) is 0 Å². The Morgan fingerprint density at radius 3 is 2.85 bits per heavy atom. The lowest BCUT2D eigenvalue weighted by molar-refractivity contribution is -0.116. The van der Waals surface area contributed by atoms with Crippen LogP contribution in [-0.2, 0) is 4.79 Å². The second kappa shape index (κ2) is 5.34. The van der Waals surface area contributed by atoms with Crippen molar-refractivity contribution in [3.63, 3.8) is 0 Å². The molecular formula is C8H12N2OS2. The fraction of sp³-hybridized carbons (Fsp3) is 0.625. The number of rotatable bonds is 5. The molecule has 1 aromatic rings. The molecule has 72 valence electrons. The summed E-state index contributed by atoms with van der Waals surface area (Å²) in [6, 6.07) is 0. The SMILES string of the molecule is CCCC(=O)CSc1nnc(C)s1. The Hall–Kier alpha value is -0.420. The molecule has 1 heterocycles. The molecule has 3 nitrogen and oxygen atoms in total. The van der Waals surface area contributed by atoms with Gasteiger partial charge >= 0.3 is 0 Å². The third kappa shape index (κ3) is 3.87. The molecular weight excluding hydrogens is 204 g/mol. The first kappa shape index (κ1) is 10.7. The predicted molar refractivity (Wildman–Crippen MR) is 55.3 cm³/mol. The Morgan fingerprint density at radius 2 is 2.31 bits per heavy atom. The number of carbonyl (C=O) groups is 1. The fourth-order valence-electron chi connectivity index (χ4n) is 0.830. The van der Waals surface area contributed by atoms with Crippen molar-refractivity contribution in [1.82, 2.24) is 10.2 Å². The average Bonchev–Trinajstić information content (AvgIpc) is 2.49. The van der Waals surface area contributed by atoms with Crippen molar-refractivity contribution in [3.05, 3.63) is 5.01 Å². The smallest absolute Gasteiger partial charge is 0.174 e.